The van der Waals surface area contributed by atoms with Crippen LogP contribution in [0.2, 0.25) is 0 Å². The molecule has 0 amide bonds. The van der Waals surface area contributed by atoms with Crippen molar-refractivity contribution >= 4 is 17.3 Å². The predicted molar refractivity (Wildman–Crippen MR) is 123 cm³/mol. The van der Waals surface area contributed by atoms with Gasteiger partial charge in [-0.3, -0.25) is 4.98 Å². The minimum absolute atomic E-state index is 0.0980. The van der Waals surface area contributed by atoms with Gasteiger partial charge in [-0.2, -0.15) is 0 Å². The van der Waals surface area contributed by atoms with E-state index >= 15 is 0 Å². The van der Waals surface area contributed by atoms with Gasteiger partial charge in [-0.15, -0.1) is 0 Å². The van der Waals surface area contributed by atoms with Crippen LogP contribution >= 0.6 is 12.2 Å². The second-order valence-corrected chi connectivity index (χ2v) is 9.05. The fourth-order valence-corrected chi connectivity index (χ4v) is 5.65. The lowest BCUT2D eigenvalue weighted by atomic mass is 9.94. The van der Waals surface area contributed by atoms with Crippen LogP contribution < -0.4 is 5.32 Å². The zero-order chi connectivity index (χ0) is 20.4. The zero-order valence-corrected chi connectivity index (χ0v) is 18.8. The van der Waals surface area contributed by atoms with Crippen molar-refractivity contribution in [1.82, 2.24) is 19.8 Å². The summed E-state index contributed by atoms with van der Waals surface area (Å²) in [5.74, 6) is 0. The summed E-state index contributed by atoms with van der Waals surface area (Å²) in [7, 11) is 0. The number of nitrogens with one attached hydrogen (secondary N) is 1. The first-order valence-corrected chi connectivity index (χ1v) is 11.7. The molecule has 0 radical (unpaired) electrons. The smallest absolute Gasteiger partial charge is 0.170 e. The molecule has 0 unspecified atom stereocenters. The summed E-state index contributed by atoms with van der Waals surface area (Å²) < 4.78 is 2.61. The zero-order valence-electron chi connectivity index (χ0n) is 18.0. The van der Waals surface area contributed by atoms with Crippen molar-refractivity contribution in [2.24, 2.45) is 0 Å². The molecule has 4 nitrogen and oxygen atoms in total. The van der Waals surface area contributed by atoms with E-state index in [9.17, 15) is 0 Å². The molecule has 1 saturated carbocycles. The van der Waals surface area contributed by atoms with Crippen molar-refractivity contribution in [2.45, 2.75) is 83.8 Å². The van der Waals surface area contributed by atoms with Crippen LogP contribution in [0.25, 0.3) is 0 Å². The molecule has 0 bridgehead atoms. The molecular weight excluding hydrogens is 376 g/mol. The number of pyridine rings is 1. The number of hydrogen-bond donors (Lipinski definition) is 1. The van der Waals surface area contributed by atoms with Gasteiger partial charge in [0.25, 0.3) is 0 Å². The van der Waals surface area contributed by atoms with E-state index in [0.717, 1.165) is 23.8 Å². The Labute approximate surface area is 180 Å². The Morgan fingerprint density at radius 1 is 1.17 bits per heavy atom. The minimum Gasteiger partial charge on any atom is -0.352 e. The third kappa shape index (κ3) is 3.94. The Bertz CT molecular complexity index is 838. The molecule has 2 atom stereocenters. The van der Waals surface area contributed by atoms with Crippen molar-refractivity contribution in [3.63, 3.8) is 0 Å². The molecule has 2 aliphatic rings. The third-order valence-electron chi connectivity index (χ3n) is 6.73. The number of hydrogen-bond acceptors (Lipinski definition) is 2. The highest BCUT2D eigenvalue weighted by Gasteiger charge is 2.41. The van der Waals surface area contributed by atoms with E-state index in [4.69, 9.17) is 12.2 Å². The molecule has 2 aromatic rings. The highest BCUT2D eigenvalue weighted by atomic mass is 32.1. The van der Waals surface area contributed by atoms with Gasteiger partial charge in [0.15, 0.2) is 5.11 Å². The quantitative estimate of drug-likeness (QED) is 0.612. The molecule has 3 heterocycles. The monoisotopic (exact) mass is 410 g/mol. The Morgan fingerprint density at radius 2 is 1.97 bits per heavy atom. The number of unbranched alkanes of at least 4 members (excludes halogenated alkanes) is 1. The average Bonchev–Trinajstić information content (AvgIpc) is 3.23. The van der Waals surface area contributed by atoms with E-state index in [1.54, 1.807) is 0 Å². The van der Waals surface area contributed by atoms with Gasteiger partial charge in [-0.1, -0.05) is 38.7 Å². The van der Waals surface area contributed by atoms with Gasteiger partial charge in [0.05, 0.1) is 17.8 Å². The topological polar surface area (TPSA) is 33.1 Å². The Kier molecular flexibility index (Phi) is 6.23. The number of rotatable bonds is 6. The van der Waals surface area contributed by atoms with Gasteiger partial charge in [0, 0.05) is 30.2 Å². The van der Waals surface area contributed by atoms with Crippen molar-refractivity contribution < 1.29 is 0 Å². The van der Waals surface area contributed by atoms with E-state index in [0.29, 0.717) is 6.04 Å². The molecule has 0 spiro atoms. The number of nitrogens with zero attached hydrogens (tertiary/aromatic N) is 3. The summed E-state index contributed by atoms with van der Waals surface area (Å²) in [6, 6.07) is 9.54. The molecule has 2 aromatic heterocycles. The van der Waals surface area contributed by atoms with E-state index < -0.39 is 0 Å². The lowest BCUT2D eigenvalue weighted by Gasteiger charge is -2.29. The summed E-state index contributed by atoms with van der Waals surface area (Å²) >= 11 is 5.80. The average molecular weight is 411 g/mol. The van der Waals surface area contributed by atoms with E-state index in [-0.39, 0.29) is 12.1 Å². The maximum atomic E-state index is 5.80. The number of thiocarbonyl (C=S) groups is 1. The van der Waals surface area contributed by atoms with Crippen molar-refractivity contribution in [3.8, 4) is 0 Å². The van der Waals surface area contributed by atoms with E-state index in [1.165, 1.54) is 55.5 Å². The molecule has 1 N–H and O–H groups in total. The van der Waals surface area contributed by atoms with Crippen LogP contribution in [0.1, 0.15) is 92.6 Å². The molecule has 1 aliphatic heterocycles. The van der Waals surface area contributed by atoms with Crippen molar-refractivity contribution in [2.75, 3.05) is 6.54 Å². The Hall–Kier alpha value is -1.88. The molecule has 29 heavy (non-hydrogen) atoms. The molecule has 2 fully saturated rings. The van der Waals surface area contributed by atoms with E-state index in [2.05, 4.69) is 58.7 Å². The highest BCUT2D eigenvalue weighted by Crippen LogP contribution is 2.42. The molecule has 1 saturated heterocycles. The van der Waals surface area contributed by atoms with Crippen molar-refractivity contribution in [3.05, 3.63) is 53.1 Å². The van der Waals surface area contributed by atoms with Crippen LogP contribution in [0.4, 0.5) is 0 Å². The summed E-state index contributed by atoms with van der Waals surface area (Å²) in [6.07, 6.45) is 10.9. The lowest BCUT2D eigenvalue weighted by molar-refractivity contribution is 0.308. The fraction of sp³-hybridized carbons (Fsp3) is 0.583. The molecule has 4 rings (SSSR count). The second kappa shape index (κ2) is 8.86. The van der Waals surface area contributed by atoms with Crippen molar-refractivity contribution in [1.29, 1.82) is 0 Å². The lowest BCUT2D eigenvalue weighted by Crippen LogP contribution is -2.30. The van der Waals surface area contributed by atoms with Gasteiger partial charge in [0.1, 0.15) is 0 Å². The molecule has 5 heteroatoms. The third-order valence-corrected chi connectivity index (χ3v) is 7.08. The maximum Gasteiger partial charge on any atom is 0.170 e. The minimum atomic E-state index is 0.0980. The molecule has 1 aliphatic carbocycles. The van der Waals surface area contributed by atoms with Gasteiger partial charge in [-0.25, -0.2) is 0 Å². The van der Waals surface area contributed by atoms with Gasteiger partial charge < -0.3 is 14.8 Å². The number of aryl methyl sites for hydroxylation is 1. The summed E-state index contributed by atoms with van der Waals surface area (Å²) in [4.78, 5) is 7.09. The molecule has 0 aromatic carbocycles. The predicted octanol–water partition coefficient (Wildman–Crippen LogP) is 5.78. The number of aromatic nitrogens is 2. The Morgan fingerprint density at radius 3 is 2.66 bits per heavy atom. The summed E-state index contributed by atoms with van der Waals surface area (Å²) in [6.45, 7) is 7.82. The van der Waals surface area contributed by atoms with Crippen LogP contribution in [0.5, 0.6) is 0 Å². The summed E-state index contributed by atoms with van der Waals surface area (Å²) in [5, 5.41) is 4.46. The van der Waals surface area contributed by atoms with Gasteiger partial charge in [0.2, 0.25) is 0 Å². The van der Waals surface area contributed by atoms with E-state index in [1.807, 2.05) is 12.3 Å². The Balaban J connectivity index is 1.74. The SMILES string of the molecule is CCCCN1C(=S)N[C@H](c2ccccn2)[C@H]1c1cc(C)n(C2CCCCC2)c1C. The second-order valence-electron chi connectivity index (χ2n) is 8.66. The highest BCUT2D eigenvalue weighted by molar-refractivity contribution is 7.80. The first-order chi connectivity index (χ1) is 14.1. The van der Waals surface area contributed by atoms with Gasteiger partial charge >= 0.3 is 0 Å². The first-order valence-electron chi connectivity index (χ1n) is 11.3. The van der Waals surface area contributed by atoms with Crippen LogP contribution in [-0.4, -0.2) is 26.1 Å². The van der Waals surface area contributed by atoms with Crippen LogP contribution in [0, 0.1) is 13.8 Å². The maximum absolute atomic E-state index is 5.80. The largest absolute Gasteiger partial charge is 0.352 e. The molecular formula is C24H34N4S. The first kappa shape index (κ1) is 20.4. The van der Waals surface area contributed by atoms with Crippen LogP contribution in [0.15, 0.2) is 30.5 Å². The summed E-state index contributed by atoms with van der Waals surface area (Å²) in [5.41, 5.74) is 5.28. The van der Waals surface area contributed by atoms with Crippen LogP contribution in [0.3, 0.4) is 0 Å². The fourth-order valence-electron chi connectivity index (χ4n) is 5.32. The van der Waals surface area contributed by atoms with Crippen LogP contribution in [-0.2, 0) is 0 Å². The standard InChI is InChI=1S/C24H34N4S/c1-4-5-15-27-23(22(26-24(27)29)21-13-9-10-14-25-21)20-16-17(2)28(18(20)3)19-11-7-6-8-12-19/h9-10,13-14,16,19,22-23H,4-8,11-12,15H2,1-3H3,(H,26,29)/t22-,23-/m1/s1. The molecule has 156 valence electrons. The normalized spacial score (nSPS) is 22.9. The van der Waals surface area contributed by atoms with Gasteiger partial charge in [-0.05, 0) is 69.1 Å².